The second-order valence-corrected chi connectivity index (χ2v) is 7.11. The van der Waals surface area contributed by atoms with Gasteiger partial charge < -0.3 is 15.0 Å². The van der Waals surface area contributed by atoms with Gasteiger partial charge >= 0.3 is 0 Å². The molecule has 0 saturated heterocycles. The molecule has 0 amide bonds. The molecule has 3 aromatic rings. The van der Waals surface area contributed by atoms with Crippen LogP contribution >= 0.6 is 11.6 Å². The lowest BCUT2D eigenvalue weighted by Gasteiger charge is -2.13. The summed E-state index contributed by atoms with van der Waals surface area (Å²) in [4.78, 5) is 15.2. The SMILES string of the molecule is CCN(C)C=Nc1cc(C)c(Oc2ccnc(Nc3cccc(Cl)c3)n2)cc1C. The molecule has 1 N–H and O–H groups in total. The molecule has 0 aliphatic carbocycles. The molecular weight excluding hydrogens is 386 g/mol. The first kappa shape index (κ1) is 20.6. The molecular formula is C22H24ClN5O. The number of aliphatic imine (C=N–C) groups is 1. The minimum absolute atomic E-state index is 0.433. The highest BCUT2D eigenvalue weighted by Gasteiger charge is 2.08. The fourth-order valence-electron chi connectivity index (χ4n) is 2.53. The van der Waals surface area contributed by atoms with Crippen LogP contribution in [0.15, 0.2) is 53.7 Å². The predicted octanol–water partition coefficient (Wildman–Crippen LogP) is 5.89. The number of halogens is 1. The summed E-state index contributed by atoms with van der Waals surface area (Å²) < 4.78 is 6.01. The quantitative estimate of drug-likeness (QED) is 0.389. The predicted molar refractivity (Wildman–Crippen MR) is 119 cm³/mol. The topological polar surface area (TPSA) is 62.6 Å². The van der Waals surface area contributed by atoms with Gasteiger partial charge in [0.25, 0.3) is 0 Å². The first-order valence-electron chi connectivity index (χ1n) is 9.33. The van der Waals surface area contributed by atoms with Crippen molar-refractivity contribution >= 4 is 35.3 Å². The summed E-state index contributed by atoms with van der Waals surface area (Å²) in [5, 5.41) is 3.77. The van der Waals surface area contributed by atoms with Crippen molar-refractivity contribution in [1.29, 1.82) is 0 Å². The van der Waals surface area contributed by atoms with Crippen LogP contribution in [0.4, 0.5) is 17.3 Å². The molecule has 0 unspecified atom stereocenters. The number of benzene rings is 2. The molecule has 0 aliphatic rings. The van der Waals surface area contributed by atoms with Gasteiger partial charge in [0.05, 0.1) is 12.0 Å². The van der Waals surface area contributed by atoms with Crippen molar-refractivity contribution in [3.63, 3.8) is 0 Å². The standard InChI is InChI=1S/C22H24ClN5O/c1-5-28(4)14-25-19-11-16(3)20(12-15(19)2)29-21-9-10-24-22(27-21)26-18-8-6-7-17(23)13-18/h6-14H,5H2,1-4H3,(H,24,26,27). The Labute approximate surface area is 176 Å². The zero-order valence-corrected chi connectivity index (χ0v) is 17.7. The minimum atomic E-state index is 0.433. The number of aryl methyl sites for hydroxylation is 2. The fraction of sp³-hybridized carbons (Fsp3) is 0.227. The molecule has 1 aromatic heterocycles. The maximum atomic E-state index is 6.02. The van der Waals surface area contributed by atoms with Crippen LogP contribution in [0.25, 0.3) is 0 Å². The van der Waals surface area contributed by atoms with E-state index in [-0.39, 0.29) is 0 Å². The Bertz CT molecular complexity index is 1020. The molecule has 3 rings (SSSR count). The summed E-state index contributed by atoms with van der Waals surface area (Å²) in [5.74, 6) is 1.62. The number of aromatic nitrogens is 2. The van der Waals surface area contributed by atoms with Crippen LogP contribution in [0, 0.1) is 13.8 Å². The lowest BCUT2D eigenvalue weighted by atomic mass is 10.1. The molecule has 29 heavy (non-hydrogen) atoms. The number of nitrogens with zero attached hydrogens (tertiary/aromatic N) is 4. The molecule has 0 saturated carbocycles. The van der Waals surface area contributed by atoms with Gasteiger partial charge in [-0.05, 0) is 62.2 Å². The van der Waals surface area contributed by atoms with E-state index < -0.39 is 0 Å². The summed E-state index contributed by atoms with van der Waals surface area (Å²) in [5.41, 5.74) is 3.73. The number of hydrogen-bond donors (Lipinski definition) is 1. The third kappa shape index (κ3) is 5.68. The van der Waals surface area contributed by atoms with E-state index in [1.165, 1.54) is 0 Å². The molecule has 0 spiro atoms. The molecule has 0 bridgehead atoms. The molecule has 0 radical (unpaired) electrons. The lowest BCUT2D eigenvalue weighted by molar-refractivity contribution is 0.459. The third-order valence-electron chi connectivity index (χ3n) is 4.31. The van der Waals surface area contributed by atoms with Gasteiger partial charge in [-0.15, -0.1) is 0 Å². The van der Waals surface area contributed by atoms with Crippen LogP contribution in [0.1, 0.15) is 18.1 Å². The third-order valence-corrected chi connectivity index (χ3v) is 4.55. The van der Waals surface area contributed by atoms with Crippen LogP contribution in [-0.2, 0) is 0 Å². The van der Waals surface area contributed by atoms with Gasteiger partial charge in [-0.3, -0.25) is 0 Å². The Morgan fingerprint density at radius 2 is 2.00 bits per heavy atom. The van der Waals surface area contributed by atoms with Gasteiger partial charge in [-0.2, -0.15) is 4.98 Å². The number of nitrogens with one attached hydrogen (secondary N) is 1. The van der Waals surface area contributed by atoms with Crippen molar-refractivity contribution in [2.24, 2.45) is 4.99 Å². The second kappa shape index (κ2) is 9.39. The summed E-state index contributed by atoms with van der Waals surface area (Å²) in [6.07, 6.45) is 3.48. The summed E-state index contributed by atoms with van der Waals surface area (Å²) >= 11 is 6.02. The van der Waals surface area contributed by atoms with E-state index in [4.69, 9.17) is 16.3 Å². The van der Waals surface area contributed by atoms with Crippen molar-refractivity contribution in [1.82, 2.24) is 14.9 Å². The van der Waals surface area contributed by atoms with Gasteiger partial charge in [-0.25, -0.2) is 9.98 Å². The van der Waals surface area contributed by atoms with E-state index in [2.05, 4.69) is 27.2 Å². The Balaban J connectivity index is 1.78. The first-order valence-corrected chi connectivity index (χ1v) is 9.71. The van der Waals surface area contributed by atoms with Crippen LogP contribution in [-0.4, -0.2) is 34.8 Å². The van der Waals surface area contributed by atoms with Gasteiger partial charge in [0.2, 0.25) is 11.8 Å². The molecule has 0 fully saturated rings. The highest BCUT2D eigenvalue weighted by atomic mass is 35.5. The first-order chi connectivity index (χ1) is 13.9. The van der Waals surface area contributed by atoms with Crippen molar-refractivity contribution < 1.29 is 4.74 Å². The zero-order valence-electron chi connectivity index (χ0n) is 17.0. The highest BCUT2D eigenvalue weighted by molar-refractivity contribution is 6.30. The van der Waals surface area contributed by atoms with E-state index in [1.54, 1.807) is 18.3 Å². The van der Waals surface area contributed by atoms with E-state index in [9.17, 15) is 0 Å². The van der Waals surface area contributed by atoms with Gasteiger partial charge in [-0.1, -0.05) is 17.7 Å². The zero-order chi connectivity index (χ0) is 20.8. The van der Waals surface area contributed by atoms with Crippen LogP contribution in [0.3, 0.4) is 0 Å². The lowest BCUT2D eigenvalue weighted by Crippen LogP contribution is -2.14. The largest absolute Gasteiger partial charge is 0.439 e. The number of ether oxygens (including phenoxy) is 1. The Hall–Kier alpha value is -3.12. The molecule has 0 aliphatic heterocycles. The van der Waals surface area contributed by atoms with E-state index >= 15 is 0 Å². The van der Waals surface area contributed by atoms with Crippen LogP contribution in [0.2, 0.25) is 5.02 Å². The maximum Gasteiger partial charge on any atom is 0.230 e. The van der Waals surface area contributed by atoms with Crippen molar-refractivity contribution in [2.45, 2.75) is 20.8 Å². The Kier molecular flexibility index (Phi) is 6.67. The highest BCUT2D eigenvalue weighted by Crippen LogP contribution is 2.31. The number of anilines is 2. The summed E-state index contributed by atoms with van der Waals surface area (Å²) in [6, 6.07) is 13.1. The maximum absolute atomic E-state index is 6.02. The molecule has 7 heteroatoms. The summed E-state index contributed by atoms with van der Waals surface area (Å²) in [6.45, 7) is 6.99. The average Bonchev–Trinajstić information content (AvgIpc) is 2.69. The summed E-state index contributed by atoms with van der Waals surface area (Å²) in [7, 11) is 1.99. The van der Waals surface area contributed by atoms with Gasteiger partial charge in [0, 0.05) is 36.6 Å². The van der Waals surface area contributed by atoms with Gasteiger partial charge in [0.1, 0.15) is 5.75 Å². The smallest absolute Gasteiger partial charge is 0.230 e. The monoisotopic (exact) mass is 409 g/mol. The molecule has 150 valence electrons. The normalized spacial score (nSPS) is 10.9. The van der Waals surface area contributed by atoms with E-state index in [1.807, 2.05) is 62.5 Å². The average molecular weight is 410 g/mol. The Morgan fingerprint density at radius 3 is 2.76 bits per heavy atom. The molecule has 6 nitrogen and oxygen atoms in total. The number of hydrogen-bond acceptors (Lipinski definition) is 5. The van der Waals surface area contributed by atoms with Crippen molar-refractivity contribution in [2.75, 3.05) is 18.9 Å². The number of rotatable bonds is 7. The fourth-order valence-corrected chi connectivity index (χ4v) is 2.72. The van der Waals surface area contributed by atoms with E-state index in [0.29, 0.717) is 16.9 Å². The van der Waals surface area contributed by atoms with Crippen LogP contribution in [0.5, 0.6) is 11.6 Å². The van der Waals surface area contributed by atoms with Crippen molar-refractivity contribution in [3.8, 4) is 11.6 Å². The van der Waals surface area contributed by atoms with Crippen molar-refractivity contribution in [3.05, 3.63) is 64.8 Å². The second-order valence-electron chi connectivity index (χ2n) is 6.68. The van der Waals surface area contributed by atoms with Crippen LogP contribution < -0.4 is 10.1 Å². The minimum Gasteiger partial charge on any atom is -0.439 e. The van der Waals surface area contributed by atoms with E-state index in [0.717, 1.165) is 34.8 Å². The molecule has 2 aromatic carbocycles. The Morgan fingerprint density at radius 1 is 1.17 bits per heavy atom. The van der Waals surface area contributed by atoms with Gasteiger partial charge in [0.15, 0.2) is 0 Å². The molecule has 1 heterocycles. The molecule has 0 atom stereocenters.